The van der Waals surface area contributed by atoms with Crippen LogP contribution in [0.2, 0.25) is 0 Å². The molecule has 0 saturated heterocycles. The quantitative estimate of drug-likeness (QED) is 0.834. The van der Waals surface area contributed by atoms with E-state index in [2.05, 4.69) is 31.3 Å². The average molecular weight is 302 g/mol. The fourth-order valence-corrected chi connectivity index (χ4v) is 6.36. The summed E-state index contributed by atoms with van der Waals surface area (Å²) in [5.41, 5.74) is 4.74. The number of aryl methyl sites for hydroxylation is 2. The van der Waals surface area contributed by atoms with Gasteiger partial charge < -0.3 is 5.32 Å². The summed E-state index contributed by atoms with van der Waals surface area (Å²) in [5.74, 6) is 3.28. The molecular formula is C19H32N3+. The Kier molecular flexibility index (Phi) is 3.60. The van der Waals surface area contributed by atoms with E-state index in [0.29, 0.717) is 0 Å². The van der Waals surface area contributed by atoms with Gasteiger partial charge in [0.25, 0.3) is 0 Å². The second-order valence-corrected chi connectivity index (χ2v) is 8.72. The van der Waals surface area contributed by atoms with Gasteiger partial charge in [0.1, 0.15) is 6.54 Å². The van der Waals surface area contributed by atoms with Crippen molar-refractivity contribution < 1.29 is 5.32 Å². The Morgan fingerprint density at radius 3 is 2.18 bits per heavy atom. The summed E-state index contributed by atoms with van der Waals surface area (Å²) in [6.07, 6.45) is 10.8. The molecule has 4 fully saturated rings. The zero-order chi connectivity index (χ0) is 15.3. The Morgan fingerprint density at radius 1 is 1.09 bits per heavy atom. The van der Waals surface area contributed by atoms with Gasteiger partial charge in [0, 0.05) is 24.7 Å². The number of rotatable bonds is 5. The molecule has 2 N–H and O–H groups in total. The molecule has 4 aliphatic carbocycles. The highest BCUT2D eigenvalue weighted by atomic mass is 15.3. The normalized spacial score (nSPS) is 36.2. The van der Waals surface area contributed by atoms with E-state index >= 15 is 0 Å². The fraction of sp³-hybridized carbons (Fsp3) is 0.842. The SMILES string of the molecule is Cc1nn(C)c(C)c1C[NH2+]CCC12CC3CC(CC(C3)C1)C2. The highest BCUT2D eigenvalue weighted by molar-refractivity contribution is 5.22. The summed E-state index contributed by atoms with van der Waals surface area (Å²) in [6, 6.07) is 0. The molecule has 0 amide bonds. The smallest absolute Gasteiger partial charge is 0.105 e. The molecule has 4 bridgehead atoms. The van der Waals surface area contributed by atoms with Gasteiger partial charge in [-0.2, -0.15) is 5.10 Å². The van der Waals surface area contributed by atoms with Crippen LogP contribution in [0, 0.1) is 37.0 Å². The molecule has 0 aromatic carbocycles. The van der Waals surface area contributed by atoms with Crippen LogP contribution >= 0.6 is 0 Å². The van der Waals surface area contributed by atoms with E-state index in [1.165, 1.54) is 29.9 Å². The first-order valence-electron chi connectivity index (χ1n) is 9.35. The Bertz CT molecular complexity index is 522. The lowest BCUT2D eigenvalue weighted by Gasteiger charge is -2.56. The molecule has 0 aliphatic heterocycles. The Morgan fingerprint density at radius 2 is 1.68 bits per heavy atom. The minimum absolute atomic E-state index is 0.740. The van der Waals surface area contributed by atoms with Crippen LogP contribution in [0.3, 0.4) is 0 Å². The molecule has 1 aromatic rings. The van der Waals surface area contributed by atoms with Crippen LogP contribution in [-0.2, 0) is 13.6 Å². The van der Waals surface area contributed by atoms with Gasteiger partial charge in [-0.1, -0.05) is 0 Å². The topological polar surface area (TPSA) is 34.4 Å². The third kappa shape index (κ3) is 2.51. The highest BCUT2D eigenvalue weighted by Crippen LogP contribution is 2.61. The van der Waals surface area contributed by atoms with Crippen molar-refractivity contribution in [1.29, 1.82) is 0 Å². The van der Waals surface area contributed by atoms with Crippen LogP contribution in [0.4, 0.5) is 0 Å². The largest absolute Gasteiger partial charge is 0.342 e. The van der Waals surface area contributed by atoms with Gasteiger partial charge in [-0.15, -0.1) is 0 Å². The molecule has 1 aromatic heterocycles. The fourth-order valence-electron chi connectivity index (χ4n) is 6.36. The second kappa shape index (κ2) is 5.36. The third-order valence-electron chi connectivity index (χ3n) is 7.05. The highest BCUT2D eigenvalue weighted by Gasteiger charge is 2.50. The standard InChI is InChI=1S/C19H31N3/c1-13-18(14(2)22(3)21-13)12-20-5-4-19-9-15-6-16(10-19)8-17(7-15)11-19/h15-17,20H,4-12H2,1-3H3/p+1. The van der Waals surface area contributed by atoms with Crippen molar-refractivity contribution in [2.24, 2.45) is 30.2 Å². The first-order valence-corrected chi connectivity index (χ1v) is 9.35. The summed E-state index contributed by atoms with van der Waals surface area (Å²) < 4.78 is 2.03. The van der Waals surface area contributed by atoms with Gasteiger partial charge in [0.2, 0.25) is 0 Å². The zero-order valence-corrected chi connectivity index (χ0v) is 14.6. The molecule has 0 spiro atoms. The second-order valence-electron chi connectivity index (χ2n) is 8.72. The lowest BCUT2D eigenvalue weighted by atomic mass is 9.49. The molecule has 3 heteroatoms. The van der Waals surface area contributed by atoms with Gasteiger partial charge >= 0.3 is 0 Å². The molecule has 1 heterocycles. The van der Waals surface area contributed by atoms with Gasteiger partial charge in [0.05, 0.1) is 12.2 Å². The summed E-state index contributed by atoms with van der Waals surface area (Å²) in [5, 5.41) is 7.08. The van der Waals surface area contributed by atoms with Crippen LogP contribution in [0.1, 0.15) is 61.9 Å². The van der Waals surface area contributed by atoms with Crippen LogP contribution in [-0.4, -0.2) is 16.3 Å². The number of hydrogen-bond acceptors (Lipinski definition) is 1. The maximum atomic E-state index is 4.54. The number of aromatic nitrogens is 2. The van der Waals surface area contributed by atoms with Crippen LogP contribution in [0.25, 0.3) is 0 Å². The van der Waals surface area contributed by atoms with E-state index in [1.54, 1.807) is 38.5 Å². The van der Waals surface area contributed by atoms with Crippen molar-refractivity contribution in [2.45, 2.75) is 65.3 Å². The monoisotopic (exact) mass is 302 g/mol. The van der Waals surface area contributed by atoms with Crippen LogP contribution in [0.5, 0.6) is 0 Å². The minimum Gasteiger partial charge on any atom is -0.342 e. The number of quaternary nitrogens is 1. The molecule has 5 rings (SSSR count). The summed E-state index contributed by atoms with van der Waals surface area (Å²) in [6.45, 7) is 6.76. The number of hydrogen-bond donors (Lipinski definition) is 1. The first-order chi connectivity index (χ1) is 10.5. The van der Waals surface area contributed by atoms with E-state index in [0.717, 1.165) is 29.7 Å². The van der Waals surface area contributed by atoms with Crippen molar-refractivity contribution in [3.05, 3.63) is 17.0 Å². The summed E-state index contributed by atoms with van der Waals surface area (Å²) in [4.78, 5) is 0. The van der Waals surface area contributed by atoms with Crippen molar-refractivity contribution >= 4 is 0 Å². The first kappa shape index (κ1) is 14.7. The molecule has 0 radical (unpaired) electrons. The Labute approximate surface area is 134 Å². The maximum absolute atomic E-state index is 4.54. The van der Waals surface area contributed by atoms with Crippen molar-refractivity contribution in [3.63, 3.8) is 0 Å². The number of nitrogens with two attached hydrogens (primary N) is 1. The lowest BCUT2D eigenvalue weighted by Crippen LogP contribution is -2.83. The van der Waals surface area contributed by atoms with Crippen LogP contribution < -0.4 is 5.32 Å². The van der Waals surface area contributed by atoms with Gasteiger partial charge in [0.15, 0.2) is 0 Å². The molecule has 22 heavy (non-hydrogen) atoms. The van der Waals surface area contributed by atoms with Crippen molar-refractivity contribution in [2.75, 3.05) is 6.54 Å². The van der Waals surface area contributed by atoms with E-state index < -0.39 is 0 Å². The van der Waals surface area contributed by atoms with E-state index in [-0.39, 0.29) is 0 Å². The van der Waals surface area contributed by atoms with Gasteiger partial charge in [-0.3, -0.25) is 4.68 Å². The van der Waals surface area contributed by atoms with E-state index in [9.17, 15) is 0 Å². The lowest BCUT2D eigenvalue weighted by molar-refractivity contribution is -0.672. The molecule has 4 saturated carbocycles. The Hall–Kier alpha value is -0.830. The van der Waals surface area contributed by atoms with Gasteiger partial charge in [-0.05, 0) is 75.5 Å². The minimum atomic E-state index is 0.740. The molecule has 122 valence electrons. The zero-order valence-electron chi connectivity index (χ0n) is 14.6. The Balaban J connectivity index is 1.32. The van der Waals surface area contributed by atoms with Gasteiger partial charge in [-0.25, -0.2) is 0 Å². The molecule has 4 aliphatic rings. The molecule has 0 atom stereocenters. The van der Waals surface area contributed by atoms with E-state index in [1.807, 2.05) is 4.68 Å². The number of nitrogens with zero attached hydrogens (tertiary/aromatic N) is 2. The predicted molar refractivity (Wildman–Crippen MR) is 88.4 cm³/mol. The maximum Gasteiger partial charge on any atom is 0.105 e. The molecular weight excluding hydrogens is 270 g/mol. The average Bonchev–Trinajstić information content (AvgIpc) is 2.67. The van der Waals surface area contributed by atoms with Crippen molar-refractivity contribution in [3.8, 4) is 0 Å². The third-order valence-corrected chi connectivity index (χ3v) is 7.05. The summed E-state index contributed by atoms with van der Waals surface area (Å²) >= 11 is 0. The predicted octanol–water partition coefficient (Wildman–Crippen LogP) is 2.71. The molecule has 0 unspecified atom stereocenters. The summed E-state index contributed by atoms with van der Waals surface area (Å²) in [7, 11) is 2.06. The van der Waals surface area contributed by atoms with Crippen LogP contribution in [0.15, 0.2) is 0 Å². The van der Waals surface area contributed by atoms with E-state index in [4.69, 9.17) is 0 Å². The van der Waals surface area contributed by atoms with Crippen molar-refractivity contribution in [1.82, 2.24) is 9.78 Å². The molecule has 3 nitrogen and oxygen atoms in total.